The summed E-state index contributed by atoms with van der Waals surface area (Å²) >= 11 is 0. The molecule has 0 N–H and O–H groups in total. The molecule has 3 heterocycles. The largest absolute Gasteiger partial charge is 0.416 e. The third-order valence-electron chi connectivity index (χ3n) is 5.40. The first-order valence-corrected chi connectivity index (χ1v) is 9.74. The van der Waals surface area contributed by atoms with E-state index in [1.54, 1.807) is 47.1 Å². The van der Waals surface area contributed by atoms with E-state index in [2.05, 4.69) is 9.97 Å². The molecule has 0 saturated carbocycles. The SMILES string of the molecule is Cn1ccnc1C(=O)N1CCC[C@@H](c2cccc(-c3cccc(C(F)(F)F)c3)n2)C1. The second-order valence-corrected chi connectivity index (χ2v) is 7.48. The molecule has 4 rings (SSSR count). The lowest BCUT2D eigenvalue weighted by molar-refractivity contribution is -0.137. The predicted octanol–water partition coefficient (Wildman–Crippen LogP) is 4.52. The van der Waals surface area contributed by atoms with Crippen molar-refractivity contribution in [2.45, 2.75) is 24.9 Å². The molecule has 0 spiro atoms. The number of likely N-dealkylation sites (tertiary alicyclic amines) is 1. The topological polar surface area (TPSA) is 51.0 Å². The Morgan fingerprint density at radius 1 is 1.17 bits per heavy atom. The summed E-state index contributed by atoms with van der Waals surface area (Å²) in [6, 6.07) is 10.6. The molecular formula is C22H21F3N4O. The first-order valence-electron chi connectivity index (χ1n) is 9.74. The van der Waals surface area contributed by atoms with Gasteiger partial charge in [0.1, 0.15) is 0 Å². The Labute approximate surface area is 172 Å². The highest BCUT2D eigenvalue weighted by atomic mass is 19.4. The van der Waals surface area contributed by atoms with Crippen LogP contribution in [0.15, 0.2) is 54.9 Å². The summed E-state index contributed by atoms with van der Waals surface area (Å²) in [5, 5.41) is 0. The third-order valence-corrected chi connectivity index (χ3v) is 5.40. The van der Waals surface area contributed by atoms with Crippen LogP contribution < -0.4 is 0 Å². The summed E-state index contributed by atoms with van der Waals surface area (Å²) in [5.41, 5.74) is 0.994. The van der Waals surface area contributed by atoms with Crippen LogP contribution in [0.2, 0.25) is 0 Å². The minimum atomic E-state index is -4.40. The summed E-state index contributed by atoms with van der Waals surface area (Å²) in [7, 11) is 1.78. The number of benzene rings is 1. The normalized spacial score (nSPS) is 17.2. The standard InChI is InChI=1S/C22H21F3N4O/c1-28-12-10-26-20(28)21(30)29-11-4-6-16(14-29)19-9-3-8-18(27-19)15-5-2-7-17(13-15)22(23,24)25/h2-3,5,7-10,12-13,16H,4,6,11,14H2,1H3/t16-/m1/s1. The third kappa shape index (κ3) is 4.08. The maximum atomic E-state index is 13.1. The van der Waals surface area contributed by atoms with Crippen LogP contribution in [-0.2, 0) is 13.2 Å². The molecule has 3 aromatic rings. The number of hydrogen-bond acceptors (Lipinski definition) is 3. The highest BCUT2D eigenvalue weighted by Gasteiger charge is 2.31. The summed E-state index contributed by atoms with van der Waals surface area (Å²) in [5.74, 6) is 0.288. The van der Waals surface area contributed by atoms with Gasteiger partial charge in [0.25, 0.3) is 5.91 Å². The quantitative estimate of drug-likeness (QED) is 0.633. The van der Waals surface area contributed by atoms with Crippen LogP contribution in [0.1, 0.15) is 40.6 Å². The number of aryl methyl sites for hydroxylation is 1. The number of rotatable bonds is 3. The fraction of sp³-hybridized carbons (Fsp3) is 0.318. The molecular weight excluding hydrogens is 393 g/mol. The zero-order valence-corrected chi connectivity index (χ0v) is 16.4. The molecule has 1 aromatic carbocycles. The minimum Gasteiger partial charge on any atom is -0.335 e. The molecule has 0 bridgehead atoms. The minimum absolute atomic E-state index is 0.0220. The summed E-state index contributed by atoms with van der Waals surface area (Å²) in [6.45, 7) is 1.15. The monoisotopic (exact) mass is 414 g/mol. The molecule has 2 aromatic heterocycles. The van der Waals surface area contributed by atoms with E-state index < -0.39 is 11.7 Å². The van der Waals surface area contributed by atoms with Crippen molar-refractivity contribution in [3.63, 3.8) is 0 Å². The van der Waals surface area contributed by atoms with Crippen molar-refractivity contribution in [2.24, 2.45) is 7.05 Å². The number of amides is 1. The number of carbonyl (C=O) groups excluding carboxylic acids is 1. The van der Waals surface area contributed by atoms with Crippen LogP contribution in [-0.4, -0.2) is 38.4 Å². The average Bonchev–Trinajstić information content (AvgIpc) is 3.19. The van der Waals surface area contributed by atoms with Crippen LogP contribution in [0, 0.1) is 0 Å². The number of aromatic nitrogens is 3. The highest BCUT2D eigenvalue weighted by molar-refractivity contribution is 5.90. The van der Waals surface area contributed by atoms with Gasteiger partial charge < -0.3 is 9.47 Å². The molecule has 0 aliphatic carbocycles. The number of pyridine rings is 1. The Kier molecular flexibility index (Phi) is 5.32. The van der Waals surface area contributed by atoms with Crippen molar-refractivity contribution < 1.29 is 18.0 Å². The second kappa shape index (κ2) is 7.93. The van der Waals surface area contributed by atoms with Crippen molar-refractivity contribution in [3.8, 4) is 11.3 Å². The fourth-order valence-corrected chi connectivity index (χ4v) is 3.81. The van der Waals surface area contributed by atoms with Gasteiger partial charge in [-0.15, -0.1) is 0 Å². The van der Waals surface area contributed by atoms with Gasteiger partial charge in [-0.05, 0) is 37.1 Å². The van der Waals surface area contributed by atoms with E-state index in [4.69, 9.17) is 0 Å². The molecule has 1 saturated heterocycles. The Balaban J connectivity index is 1.57. The molecule has 1 aliphatic heterocycles. The van der Waals surface area contributed by atoms with Gasteiger partial charge >= 0.3 is 6.18 Å². The molecule has 30 heavy (non-hydrogen) atoms. The van der Waals surface area contributed by atoms with Gasteiger partial charge in [-0.3, -0.25) is 9.78 Å². The number of piperidine rings is 1. The maximum Gasteiger partial charge on any atom is 0.416 e. The number of nitrogens with zero attached hydrogens (tertiary/aromatic N) is 4. The van der Waals surface area contributed by atoms with Crippen molar-refractivity contribution in [1.29, 1.82) is 0 Å². The van der Waals surface area contributed by atoms with Gasteiger partial charge in [-0.25, -0.2) is 4.98 Å². The zero-order valence-electron chi connectivity index (χ0n) is 16.4. The number of imidazole rings is 1. The van der Waals surface area contributed by atoms with E-state index in [1.165, 1.54) is 6.07 Å². The van der Waals surface area contributed by atoms with Crippen LogP contribution in [0.4, 0.5) is 13.2 Å². The molecule has 1 fully saturated rings. The van der Waals surface area contributed by atoms with E-state index in [1.807, 2.05) is 6.07 Å². The number of halogens is 3. The van der Waals surface area contributed by atoms with Crippen molar-refractivity contribution >= 4 is 5.91 Å². The zero-order chi connectivity index (χ0) is 21.3. The van der Waals surface area contributed by atoms with E-state index in [-0.39, 0.29) is 11.8 Å². The van der Waals surface area contributed by atoms with Crippen LogP contribution in [0.25, 0.3) is 11.3 Å². The van der Waals surface area contributed by atoms with Gasteiger partial charge in [-0.2, -0.15) is 13.2 Å². The predicted molar refractivity (Wildman–Crippen MR) is 106 cm³/mol. The summed E-state index contributed by atoms with van der Waals surface area (Å²) < 4.78 is 40.9. The van der Waals surface area contributed by atoms with Crippen LogP contribution in [0.3, 0.4) is 0 Å². The number of hydrogen-bond donors (Lipinski definition) is 0. The van der Waals surface area contributed by atoms with Gasteiger partial charge in [0.2, 0.25) is 0 Å². The molecule has 5 nitrogen and oxygen atoms in total. The molecule has 8 heteroatoms. The van der Waals surface area contributed by atoms with Gasteiger partial charge in [-0.1, -0.05) is 18.2 Å². The van der Waals surface area contributed by atoms with Crippen LogP contribution >= 0.6 is 0 Å². The Morgan fingerprint density at radius 2 is 1.97 bits per heavy atom. The first-order chi connectivity index (χ1) is 14.3. The van der Waals surface area contributed by atoms with Crippen molar-refractivity contribution in [2.75, 3.05) is 13.1 Å². The van der Waals surface area contributed by atoms with Crippen LogP contribution in [0.5, 0.6) is 0 Å². The van der Waals surface area contributed by atoms with E-state index >= 15 is 0 Å². The molecule has 1 aliphatic rings. The summed E-state index contributed by atoms with van der Waals surface area (Å²) in [4.78, 5) is 23.3. The van der Waals surface area contributed by atoms with E-state index in [0.717, 1.165) is 30.7 Å². The fourth-order valence-electron chi connectivity index (χ4n) is 3.81. The Morgan fingerprint density at radius 3 is 2.70 bits per heavy atom. The van der Waals surface area contributed by atoms with E-state index in [0.29, 0.717) is 30.2 Å². The summed E-state index contributed by atoms with van der Waals surface area (Å²) in [6.07, 6.45) is 0.617. The molecule has 1 atom stereocenters. The molecule has 156 valence electrons. The van der Waals surface area contributed by atoms with Crippen molar-refractivity contribution in [3.05, 3.63) is 71.9 Å². The first kappa shape index (κ1) is 20.1. The highest BCUT2D eigenvalue weighted by Crippen LogP contribution is 2.33. The lowest BCUT2D eigenvalue weighted by Gasteiger charge is -2.32. The smallest absolute Gasteiger partial charge is 0.335 e. The van der Waals surface area contributed by atoms with Gasteiger partial charge in [0.05, 0.1) is 11.3 Å². The molecule has 1 amide bonds. The number of carbonyl (C=O) groups is 1. The molecule has 0 unspecified atom stereocenters. The van der Waals surface area contributed by atoms with Gasteiger partial charge in [0.15, 0.2) is 5.82 Å². The second-order valence-electron chi connectivity index (χ2n) is 7.48. The molecule has 0 radical (unpaired) electrons. The lowest BCUT2D eigenvalue weighted by Crippen LogP contribution is -2.40. The van der Waals surface area contributed by atoms with Gasteiger partial charge in [0, 0.05) is 49.7 Å². The van der Waals surface area contributed by atoms with E-state index in [9.17, 15) is 18.0 Å². The number of alkyl halides is 3. The lowest BCUT2D eigenvalue weighted by atomic mass is 9.93. The van der Waals surface area contributed by atoms with Crippen molar-refractivity contribution in [1.82, 2.24) is 19.4 Å². The average molecular weight is 414 g/mol. The Bertz CT molecular complexity index is 1060. The maximum absolute atomic E-state index is 13.1. The Hall–Kier alpha value is -3.16.